The predicted molar refractivity (Wildman–Crippen MR) is 291 cm³/mol. The van der Waals surface area contributed by atoms with Crippen LogP contribution in [0.3, 0.4) is 0 Å². The molecular weight excluding hydrogens is 832 g/mol. The van der Waals surface area contributed by atoms with Crippen molar-refractivity contribution in [2.24, 2.45) is 0 Å². The van der Waals surface area contributed by atoms with Crippen molar-refractivity contribution in [1.82, 2.24) is 0 Å². The van der Waals surface area contributed by atoms with Crippen LogP contribution < -0.4 is 5.46 Å². The summed E-state index contributed by atoms with van der Waals surface area (Å²) in [6.07, 6.45) is 25.6. The van der Waals surface area contributed by atoms with Crippen molar-refractivity contribution in [1.29, 1.82) is 0 Å². The lowest BCUT2D eigenvalue weighted by Gasteiger charge is -2.34. The molecule has 2 aliphatic carbocycles. The maximum atomic E-state index is 11.1. The molecular formula is C63H89BO4. The Bertz CT molecular complexity index is 2340. The first-order valence-electron chi connectivity index (χ1n) is 26.8. The average Bonchev–Trinajstić information content (AvgIpc) is 3.53. The molecule has 2 N–H and O–H groups in total. The first-order chi connectivity index (χ1) is 32.2. The molecule has 5 heteroatoms. The summed E-state index contributed by atoms with van der Waals surface area (Å²) in [6, 6.07) is 27.7. The van der Waals surface area contributed by atoms with Crippen LogP contribution in [-0.2, 0) is 20.1 Å². The van der Waals surface area contributed by atoms with Crippen molar-refractivity contribution in [3.63, 3.8) is 0 Å². The van der Waals surface area contributed by atoms with Gasteiger partial charge in [0.05, 0.1) is 22.4 Å². The van der Waals surface area contributed by atoms with Gasteiger partial charge in [0.25, 0.3) is 0 Å². The van der Waals surface area contributed by atoms with Crippen LogP contribution in [-0.4, -0.2) is 39.7 Å². The fraction of sp³-hybridized carbons (Fsp3) is 0.556. The third-order valence-electron chi connectivity index (χ3n) is 17.5. The minimum atomic E-state index is -0.658. The number of benzene rings is 4. The van der Waals surface area contributed by atoms with Gasteiger partial charge >= 0.3 is 7.12 Å². The van der Waals surface area contributed by atoms with E-state index < -0.39 is 11.2 Å². The molecule has 7 rings (SSSR count). The van der Waals surface area contributed by atoms with Gasteiger partial charge < -0.3 is 19.5 Å². The summed E-state index contributed by atoms with van der Waals surface area (Å²) < 4.78 is 12.7. The van der Waals surface area contributed by atoms with E-state index in [9.17, 15) is 10.2 Å². The quantitative estimate of drug-likeness (QED) is 0.104. The van der Waals surface area contributed by atoms with Crippen LogP contribution in [0.1, 0.15) is 219 Å². The molecule has 368 valence electrons. The highest BCUT2D eigenvalue weighted by molar-refractivity contribution is 6.62. The van der Waals surface area contributed by atoms with Gasteiger partial charge in [0.2, 0.25) is 0 Å². The van der Waals surface area contributed by atoms with Crippen LogP contribution in [0.25, 0.3) is 12.2 Å². The Labute approximate surface area is 414 Å². The molecule has 1 heterocycles. The first kappa shape index (κ1) is 53.6. The molecule has 0 spiro atoms. The SMILES string of the molecule is CCC(CC)(c1ccc(/C=C/C2(O)CCCCCC2)c(C)c1)c1ccc(B2OC(C)(C)C(C)(C)O2)c(C)c1.CCC(CC)(c1ccc(C)c(C)c1)c1ccc(/C=C/C2(O)CCCCCC2)c(C)c1. The highest BCUT2D eigenvalue weighted by Crippen LogP contribution is 2.43. The van der Waals surface area contributed by atoms with Crippen LogP contribution in [0.15, 0.2) is 84.9 Å². The maximum absolute atomic E-state index is 11.1. The Morgan fingerprint density at radius 3 is 1.13 bits per heavy atom. The van der Waals surface area contributed by atoms with Crippen LogP contribution in [0, 0.1) is 34.6 Å². The number of hydrogen-bond donors (Lipinski definition) is 2. The average molecular weight is 921 g/mol. The van der Waals surface area contributed by atoms with E-state index in [1.54, 1.807) is 0 Å². The van der Waals surface area contributed by atoms with Gasteiger partial charge in [-0.3, -0.25) is 0 Å². The van der Waals surface area contributed by atoms with Crippen LogP contribution >= 0.6 is 0 Å². The third-order valence-corrected chi connectivity index (χ3v) is 17.5. The molecule has 2 saturated carbocycles. The Morgan fingerprint density at radius 2 is 0.794 bits per heavy atom. The van der Waals surface area contributed by atoms with E-state index in [-0.39, 0.29) is 29.2 Å². The zero-order valence-corrected chi connectivity index (χ0v) is 44.8. The zero-order valence-electron chi connectivity index (χ0n) is 44.8. The fourth-order valence-corrected chi connectivity index (χ4v) is 11.5. The lowest BCUT2D eigenvalue weighted by atomic mass is 9.68. The molecule has 0 aromatic heterocycles. The first-order valence-corrected chi connectivity index (χ1v) is 26.8. The van der Waals surface area contributed by atoms with E-state index in [0.29, 0.717) is 0 Å². The topological polar surface area (TPSA) is 58.9 Å². The summed E-state index contributed by atoms with van der Waals surface area (Å²) in [6.45, 7) is 28.6. The van der Waals surface area contributed by atoms with Gasteiger partial charge in [0.15, 0.2) is 0 Å². The standard InChI is InChI=1S/C34H49BO3.C29H40O/c1-9-34(10-2,29-17-18-30(26(4)24-29)35-37-31(5,6)32(7,8)38-35)28-16-15-27(25(3)23-28)19-22-33(36)20-13-11-12-14-21-33;1-6-29(7-2,26-14-12-22(3)23(4)20-26)27-15-13-25(24(5)21-27)16-19-28(30)17-10-8-9-11-18-28/h15-19,22-24,36H,9-14,20-21H2,1-8H3;12-16,19-21,30H,6-11,17-18H2,1-5H3/b22-19+;19-16+. The Balaban J connectivity index is 0.000000230. The number of hydrogen-bond acceptors (Lipinski definition) is 4. The molecule has 4 aromatic carbocycles. The molecule has 0 amide bonds. The lowest BCUT2D eigenvalue weighted by molar-refractivity contribution is 0.00578. The van der Waals surface area contributed by atoms with Gasteiger partial charge in [-0.05, 0) is 175 Å². The summed E-state index contributed by atoms with van der Waals surface area (Å²) in [5, 5.41) is 22.1. The van der Waals surface area contributed by atoms with Crippen molar-refractivity contribution in [3.8, 4) is 0 Å². The molecule has 3 fully saturated rings. The van der Waals surface area contributed by atoms with Crippen molar-refractivity contribution in [2.75, 3.05) is 0 Å². The summed E-state index contributed by atoms with van der Waals surface area (Å²) in [5.74, 6) is 0. The molecule has 1 aliphatic heterocycles. The highest BCUT2D eigenvalue weighted by Gasteiger charge is 2.52. The second-order valence-corrected chi connectivity index (χ2v) is 22.4. The van der Waals surface area contributed by atoms with Crippen molar-refractivity contribution < 1.29 is 19.5 Å². The normalized spacial score (nSPS) is 19.4. The molecule has 68 heavy (non-hydrogen) atoms. The minimum Gasteiger partial charge on any atom is -0.399 e. The smallest absolute Gasteiger partial charge is 0.399 e. The Kier molecular flexibility index (Phi) is 17.5. The fourth-order valence-electron chi connectivity index (χ4n) is 11.5. The van der Waals surface area contributed by atoms with E-state index in [1.165, 1.54) is 86.9 Å². The zero-order chi connectivity index (χ0) is 49.5. The van der Waals surface area contributed by atoms with Gasteiger partial charge in [0, 0.05) is 10.8 Å². The molecule has 0 atom stereocenters. The van der Waals surface area contributed by atoms with Crippen molar-refractivity contribution in [3.05, 3.63) is 146 Å². The van der Waals surface area contributed by atoms with Crippen LogP contribution in [0.5, 0.6) is 0 Å². The predicted octanol–water partition coefficient (Wildman–Crippen LogP) is 15.6. The highest BCUT2D eigenvalue weighted by atomic mass is 16.7. The van der Waals surface area contributed by atoms with Gasteiger partial charge in [-0.1, -0.05) is 182 Å². The van der Waals surface area contributed by atoms with E-state index in [2.05, 4.69) is 187 Å². The maximum Gasteiger partial charge on any atom is 0.495 e. The van der Waals surface area contributed by atoms with Crippen molar-refractivity contribution in [2.45, 2.75) is 226 Å². The molecule has 4 nitrogen and oxygen atoms in total. The number of aryl methyl sites for hydroxylation is 5. The lowest BCUT2D eigenvalue weighted by Crippen LogP contribution is -2.41. The van der Waals surface area contributed by atoms with E-state index >= 15 is 0 Å². The second kappa shape index (κ2) is 22.1. The summed E-state index contributed by atoms with van der Waals surface area (Å²) in [4.78, 5) is 0. The Hall–Kier alpha value is -3.74. The second-order valence-electron chi connectivity index (χ2n) is 22.4. The van der Waals surface area contributed by atoms with Gasteiger partial charge in [0.1, 0.15) is 0 Å². The molecule has 3 aliphatic rings. The van der Waals surface area contributed by atoms with E-state index in [4.69, 9.17) is 9.31 Å². The molecule has 0 unspecified atom stereocenters. The summed E-state index contributed by atoms with van der Waals surface area (Å²) >= 11 is 0. The minimum absolute atomic E-state index is 0.0466. The Morgan fingerprint density at radius 1 is 0.456 bits per heavy atom. The van der Waals surface area contributed by atoms with Gasteiger partial charge in [-0.25, -0.2) is 0 Å². The molecule has 0 bridgehead atoms. The monoisotopic (exact) mass is 921 g/mol. The largest absolute Gasteiger partial charge is 0.495 e. The number of aliphatic hydroxyl groups is 2. The molecule has 4 aromatic rings. The van der Waals surface area contributed by atoms with Crippen LogP contribution in [0.4, 0.5) is 0 Å². The van der Waals surface area contributed by atoms with Gasteiger partial charge in [-0.2, -0.15) is 0 Å². The summed E-state index contributed by atoms with van der Waals surface area (Å²) in [5.41, 5.74) is 13.5. The summed E-state index contributed by atoms with van der Waals surface area (Å²) in [7, 11) is -0.344. The van der Waals surface area contributed by atoms with E-state index in [0.717, 1.165) is 82.5 Å². The number of rotatable bonds is 13. The van der Waals surface area contributed by atoms with Crippen molar-refractivity contribution >= 4 is 24.7 Å². The van der Waals surface area contributed by atoms with Gasteiger partial charge in [-0.15, -0.1) is 0 Å². The molecule has 0 radical (unpaired) electrons. The van der Waals surface area contributed by atoms with Crippen LogP contribution in [0.2, 0.25) is 0 Å². The third kappa shape index (κ3) is 11.7. The molecule has 1 saturated heterocycles. The van der Waals surface area contributed by atoms with E-state index in [1.807, 2.05) is 0 Å².